The van der Waals surface area contributed by atoms with E-state index in [9.17, 15) is 9.59 Å². The lowest BCUT2D eigenvalue weighted by molar-refractivity contribution is -0.119. The first-order chi connectivity index (χ1) is 16.6. The standard InChI is InChI=1S/C28H23ClN2O3/c29-20-11-13-21(14-12-20)30-26(32)17-34-28(33)27-22-8-4-5-9-24(22)31-25-15-10-19(16-23(25)27)18-6-2-1-3-7-18/h1-9,11-14,19H,10,15-17H2,(H,30,32). The third-order valence-corrected chi connectivity index (χ3v) is 6.45. The number of carbonyl (C=O) groups is 2. The second kappa shape index (κ2) is 9.65. The van der Waals surface area contributed by atoms with Gasteiger partial charge in [-0.1, -0.05) is 60.1 Å². The van der Waals surface area contributed by atoms with Gasteiger partial charge in [-0.05, 0) is 66.6 Å². The number of nitrogens with zero attached hydrogens (tertiary/aromatic N) is 1. The normalized spacial score (nSPS) is 14.9. The lowest BCUT2D eigenvalue weighted by atomic mass is 9.80. The molecule has 1 aliphatic carbocycles. The van der Waals surface area contributed by atoms with Crippen LogP contribution in [0, 0.1) is 0 Å². The number of fused-ring (bicyclic) bond motifs is 2. The molecule has 4 aromatic rings. The quantitative estimate of drug-likeness (QED) is 0.365. The molecule has 0 spiro atoms. The lowest BCUT2D eigenvalue weighted by Crippen LogP contribution is -2.23. The van der Waals surface area contributed by atoms with E-state index in [1.807, 2.05) is 42.5 Å². The van der Waals surface area contributed by atoms with E-state index in [1.165, 1.54) is 5.56 Å². The third kappa shape index (κ3) is 4.66. The lowest BCUT2D eigenvalue weighted by Gasteiger charge is -2.26. The van der Waals surface area contributed by atoms with Gasteiger partial charge in [-0.3, -0.25) is 9.78 Å². The molecule has 6 heteroatoms. The highest BCUT2D eigenvalue weighted by atomic mass is 35.5. The minimum absolute atomic E-state index is 0.302. The number of amides is 1. The number of rotatable bonds is 5. The van der Waals surface area contributed by atoms with Crippen LogP contribution in [-0.2, 0) is 22.4 Å². The Morgan fingerprint density at radius 3 is 2.50 bits per heavy atom. The molecule has 0 saturated carbocycles. The molecule has 1 aromatic heterocycles. The van der Waals surface area contributed by atoms with Crippen LogP contribution >= 0.6 is 11.6 Å². The highest BCUT2D eigenvalue weighted by Gasteiger charge is 2.28. The molecule has 1 unspecified atom stereocenters. The van der Waals surface area contributed by atoms with Crippen molar-refractivity contribution in [1.29, 1.82) is 0 Å². The van der Waals surface area contributed by atoms with Gasteiger partial charge in [0.05, 0.1) is 11.1 Å². The van der Waals surface area contributed by atoms with Crippen molar-refractivity contribution in [1.82, 2.24) is 4.98 Å². The molecule has 170 valence electrons. The monoisotopic (exact) mass is 470 g/mol. The van der Waals surface area contributed by atoms with Crippen molar-refractivity contribution in [2.24, 2.45) is 0 Å². The van der Waals surface area contributed by atoms with Gasteiger partial charge >= 0.3 is 5.97 Å². The van der Waals surface area contributed by atoms with Crippen molar-refractivity contribution in [3.8, 4) is 0 Å². The van der Waals surface area contributed by atoms with Crippen LogP contribution in [0.3, 0.4) is 0 Å². The van der Waals surface area contributed by atoms with Gasteiger partial charge in [-0.2, -0.15) is 0 Å². The van der Waals surface area contributed by atoms with Crippen LogP contribution in [0.5, 0.6) is 0 Å². The summed E-state index contributed by atoms with van der Waals surface area (Å²) in [6.45, 7) is -0.380. The predicted molar refractivity (Wildman–Crippen MR) is 133 cm³/mol. The summed E-state index contributed by atoms with van der Waals surface area (Å²) in [5, 5.41) is 4.04. The fourth-order valence-electron chi connectivity index (χ4n) is 4.56. The van der Waals surface area contributed by atoms with Crippen LogP contribution in [0.4, 0.5) is 5.69 Å². The van der Waals surface area contributed by atoms with E-state index in [0.717, 1.165) is 35.0 Å². The average molecular weight is 471 g/mol. The Kier molecular flexibility index (Phi) is 6.28. The Hall–Kier alpha value is -3.70. The molecule has 0 radical (unpaired) electrons. The second-order valence-electron chi connectivity index (χ2n) is 8.41. The van der Waals surface area contributed by atoms with Gasteiger partial charge in [0.25, 0.3) is 5.91 Å². The number of hydrogen-bond donors (Lipinski definition) is 1. The first-order valence-corrected chi connectivity index (χ1v) is 11.6. The Labute approximate surface area is 202 Å². The summed E-state index contributed by atoms with van der Waals surface area (Å²) in [6, 6.07) is 24.7. The maximum Gasteiger partial charge on any atom is 0.339 e. The van der Waals surface area contributed by atoms with E-state index in [1.54, 1.807) is 24.3 Å². The third-order valence-electron chi connectivity index (χ3n) is 6.20. The number of benzene rings is 3. The molecular formula is C28H23ClN2O3. The summed E-state index contributed by atoms with van der Waals surface area (Å²) in [4.78, 5) is 30.6. The molecule has 5 rings (SSSR count). The van der Waals surface area contributed by atoms with Crippen molar-refractivity contribution in [3.63, 3.8) is 0 Å². The Morgan fingerprint density at radius 2 is 1.71 bits per heavy atom. The van der Waals surface area contributed by atoms with Gasteiger partial charge < -0.3 is 10.1 Å². The van der Waals surface area contributed by atoms with Crippen LogP contribution < -0.4 is 5.32 Å². The van der Waals surface area contributed by atoms with Gasteiger partial charge in [-0.25, -0.2) is 4.79 Å². The zero-order valence-electron chi connectivity index (χ0n) is 18.5. The molecule has 1 heterocycles. The summed E-state index contributed by atoms with van der Waals surface area (Å²) < 4.78 is 5.50. The SMILES string of the molecule is O=C(COC(=O)c1c2c(nc3ccccc13)CCC(c1ccccc1)C2)Nc1ccc(Cl)cc1. The molecule has 0 fully saturated rings. The van der Waals surface area contributed by atoms with Crippen molar-refractivity contribution >= 4 is 40.1 Å². The van der Waals surface area contributed by atoms with Crippen LogP contribution in [0.1, 0.15) is 39.5 Å². The first kappa shape index (κ1) is 22.1. The van der Waals surface area contributed by atoms with E-state index in [-0.39, 0.29) is 6.61 Å². The molecule has 5 nitrogen and oxygen atoms in total. The van der Waals surface area contributed by atoms with Gasteiger partial charge in [-0.15, -0.1) is 0 Å². The summed E-state index contributed by atoms with van der Waals surface area (Å²) in [5.74, 6) is -0.615. The van der Waals surface area contributed by atoms with Crippen molar-refractivity contribution in [3.05, 3.63) is 106 Å². The summed E-state index contributed by atoms with van der Waals surface area (Å²) in [7, 11) is 0. The van der Waals surface area contributed by atoms with Gasteiger partial charge in [0.1, 0.15) is 0 Å². The van der Waals surface area contributed by atoms with E-state index < -0.39 is 11.9 Å². The summed E-state index contributed by atoms with van der Waals surface area (Å²) in [6.07, 6.45) is 2.47. The molecule has 1 N–H and O–H groups in total. The molecule has 0 saturated heterocycles. The van der Waals surface area contributed by atoms with Crippen LogP contribution in [0.15, 0.2) is 78.9 Å². The molecule has 0 aliphatic heterocycles. The molecule has 3 aromatic carbocycles. The van der Waals surface area contributed by atoms with Crippen molar-refractivity contribution in [2.75, 3.05) is 11.9 Å². The second-order valence-corrected chi connectivity index (χ2v) is 8.85. The van der Waals surface area contributed by atoms with E-state index in [4.69, 9.17) is 21.3 Å². The number of ether oxygens (including phenoxy) is 1. The largest absolute Gasteiger partial charge is 0.452 e. The van der Waals surface area contributed by atoms with Gasteiger partial charge in [0.2, 0.25) is 0 Å². The Bertz CT molecular complexity index is 1350. The smallest absolute Gasteiger partial charge is 0.339 e. The van der Waals surface area contributed by atoms with Gasteiger partial charge in [0.15, 0.2) is 6.61 Å². The molecule has 1 atom stereocenters. The molecule has 1 aliphatic rings. The first-order valence-electron chi connectivity index (χ1n) is 11.3. The fraction of sp³-hybridized carbons (Fsp3) is 0.179. The van der Waals surface area contributed by atoms with E-state index in [2.05, 4.69) is 17.4 Å². The number of aromatic nitrogens is 1. The van der Waals surface area contributed by atoms with E-state index in [0.29, 0.717) is 28.6 Å². The topological polar surface area (TPSA) is 68.3 Å². The number of para-hydroxylation sites is 1. The minimum Gasteiger partial charge on any atom is -0.452 e. The minimum atomic E-state index is -0.505. The number of halogens is 1. The number of aryl methyl sites for hydroxylation is 1. The fourth-order valence-corrected chi connectivity index (χ4v) is 4.69. The molecule has 34 heavy (non-hydrogen) atoms. The zero-order chi connectivity index (χ0) is 23.5. The maximum atomic E-state index is 13.3. The number of esters is 1. The Balaban J connectivity index is 1.41. The maximum absolute atomic E-state index is 13.3. The molecule has 1 amide bonds. The van der Waals surface area contributed by atoms with Gasteiger partial charge in [0, 0.05) is 21.8 Å². The number of hydrogen-bond acceptors (Lipinski definition) is 4. The average Bonchev–Trinajstić information content (AvgIpc) is 2.87. The zero-order valence-corrected chi connectivity index (χ0v) is 19.2. The number of nitrogens with one attached hydrogen (secondary N) is 1. The highest BCUT2D eigenvalue weighted by Crippen LogP contribution is 2.36. The Morgan fingerprint density at radius 1 is 0.971 bits per heavy atom. The van der Waals surface area contributed by atoms with Crippen molar-refractivity contribution in [2.45, 2.75) is 25.2 Å². The van der Waals surface area contributed by atoms with Crippen LogP contribution in [0.2, 0.25) is 5.02 Å². The molecular weight excluding hydrogens is 448 g/mol. The summed E-state index contributed by atoms with van der Waals surface area (Å²) >= 11 is 5.89. The van der Waals surface area contributed by atoms with E-state index >= 15 is 0 Å². The number of carbonyl (C=O) groups excluding carboxylic acids is 2. The predicted octanol–water partition coefficient (Wildman–Crippen LogP) is 5.96. The van der Waals surface area contributed by atoms with Crippen LogP contribution in [0.25, 0.3) is 10.9 Å². The van der Waals surface area contributed by atoms with Crippen LogP contribution in [-0.4, -0.2) is 23.5 Å². The number of pyridine rings is 1. The highest BCUT2D eigenvalue weighted by molar-refractivity contribution is 6.30. The molecule has 0 bridgehead atoms. The summed E-state index contributed by atoms with van der Waals surface area (Å²) in [5.41, 5.74) is 4.97. The number of anilines is 1. The van der Waals surface area contributed by atoms with Crippen molar-refractivity contribution < 1.29 is 14.3 Å².